The summed E-state index contributed by atoms with van der Waals surface area (Å²) < 4.78 is 4.47. The van der Waals surface area contributed by atoms with Crippen molar-refractivity contribution in [3.8, 4) is 0 Å². The molecule has 1 atom stereocenters. The van der Waals surface area contributed by atoms with E-state index in [9.17, 15) is 4.79 Å². The summed E-state index contributed by atoms with van der Waals surface area (Å²) in [6.07, 6.45) is 4.47. The molecule has 0 aliphatic carbocycles. The van der Waals surface area contributed by atoms with Gasteiger partial charge in [-0.25, -0.2) is 4.98 Å². The minimum Gasteiger partial charge on any atom is -0.480 e. The Morgan fingerprint density at radius 3 is 2.38 bits per heavy atom. The van der Waals surface area contributed by atoms with Crippen LogP contribution < -0.4 is 11.9 Å². The first-order valence-corrected chi connectivity index (χ1v) is 3.10. The quantitative estimate of drug-likeness (QED) is 0.480. The number of aromatic nitrogens is 1. The maximum absolute atomic E-state index is 9.65. The van der Waals surface area contributed by atoms with Crippen LogP contribution in [0.25, 0.3) is 0 Å². The minimum atomic E-state index is -1.18. The third-order valence-electron chi connectivity index (χ3n) is 0.861. The van der Waals surface area contributed by atoms with E-state index in [-0.39, 0.29) is 6.15 Å². The van der Waals surface area contributed by atoms with Gasteiger partial charge in [0.05, 0.1) is 12.8 Å². The van der Waals surface area contributed by atoms with Crippen molar-refractivity contribution in [2.45, 2.75) is 6.04 Å². The fourth-order valence-electron chi connectivity index (χ4n) is 0.254. The SMILES string of the molecule is N.NC(CO)C(=O)O.c1cocn1. The van der Waals surface area contributed by atoms with Crippen LogP contribution in [0.5, 0.6) is 0 Å². The number of hydrogen-bond acceptors (Lipinski definition) is 6. The molecule has 1 unspecified atom stereocenters. The van der Waals surface area contributed by atoms with Crippen molar-refractivity contribution in [3.63, 3.8) is 0 Å². The van der Waals surface area contributed by atoms with Crippen molar-refractivity contribution >= 4 is 5.97 Å². The van der Waals surface area contributed by atoms with E-state index in [1.807, 2.05) is 0 Å². The summed E-state index contributed by atoms with van der Waals surface area (Å²) in [5.74, 6) is -1.18. The van der Waals surface area contributed by atoms with Gasteiger partial charge in [0.25, 0.3) is 0 Å². The van der Waals surface area contributed by atoms with E-state index in [2.05, 4.69) is 9.40 Å². The number of nitrogens with zero attached hydrogens (tertiary/aromatic N) is 1. The average molecular weight is 191 g/mol. The van der Waals surface area contributed by atoms with Crippen molar-refractivity contribution < 1.29 is 19.4 Å². The molecule has 7 nitrogen and oxygen atoms in total. The maximum Gasteiger partial charge on any atom is 0.322 e. The molecule has 1 aromatic rings. The number of nitrogens with two attached hydrogens (primary N) is 1. The molecular weight excluding hydrogens is 178 g/mol. The molecule has 0 amide bonds. The first kappa shape index (κ1) is 14.1. The molecular formula is C6H13N3O4. The Balaban J connectivity index is 0. The molecule has 13 heavy (non-hydrogen) atoms. The summed E-state index contributed by atoms with van der Waals surface area (Å²) in [6, 6.07) is -1.13. The summed E-state index contributed by atoms with van der Waals surface area (Å²) >= 11 is 0. The summed E-state index contributed by atoms with van der Waals surface area (Å²) in [4.78, 5) is 13.2. The summed E-state index contributed by atoms with van der Waals surface area (Å²) in [5, 5.41) is 15.9. The standard InChI is InChI=1S/C3H7NO3.C3H3NO.H3N/c4-2(1-5)3(6)7;1-2-5-3-4-1;/h2,5H,1,4H2,(H,6,7);1-3H;1H3. The van der Waals surface area contributed by atoms with Crippen LogP contribution in [-0.4, -0.2) is 33.8 Å². The Hall–Kier alpha value is -1.44. The van der Waals surface area contributed by atoms with Crippen molar-refractivity contribution in [1.82, 2.24) is 11.1 Å². The third kappa shape index (κ3) is 8.47. The van der Waals surface area contributed by atoms with Crippen LogP contribution in [0.15, 0.2) is 23.3 Å². The topological polar surface area (TPSA) is 145 Å². The molecule has 0 radical (unpaired) electrons. The lowest BCUT2D eigenvalue weighted by Crippen LogP contribution is -2.33. The molecule has 0 saturated heterocycles. The molecule has 1 aromatic heterocycles. The minimum absolute atomic E-state index is 0. The number of oxazole rings is 1. The van der Waals surface area contributed by atoms with Gasteiger partial charge in [0, 0.05) is 0 Å². The fourth-order valence-corrected chi connectivity index (χ4v) is 0.254. The van der Waals surface area contributed by atoms with Gasteiger partial charge in [-0.15, -0.1) is 0 Å². The number of rotatable bonds is 2. The Bertz CT molecular complexity index is 184. The second-order valence-corrected chi connectivity index (χ2v) is 1.80. The smallest absolute Gasteiger partial charge is 0.322 e. The van der Waals surface area contributed by atoms with Gasteiger partial charge in [0.1, 0.15) is 12.3 Å². The highest BCUT2D eigenvalue weighted by molar-refractivity contribution is 5.73. The fraction of sp³-hybridized carbons (Fsp3) is 0.333. The molecule has 1 heterocycles. The van der Waals surface area contributed by atoms with E-state index in [0.29, 0.717) is 0 Å². The number of hydrogen-bond donors (Lipinski definition) is 4. The molecule has 7 heteroatoms. The Morgan fingerprint density at radius 2 is 2.31 bits per heavy atom. The number of aliphatic hydroxyl groups is 1. The average Bonchev–Trinajstić information content (AvgIpc) is 2.59. The second kappa shape index (κ2) is 8.65. The van der Waals surface area contributed by atoms with Gasteiger partial charge in [0.2, 0.25) is 0 Å². The number of carbonyl (C=O) groups is 1. The van der Waals surface area contributed by atoms with Gasteiger partial charge < -0.3 is 26.5 Å². The number of aliphatic hydroxyl groups excluding tert-OH is 1. The van der Waals surface area contributed by atoms with Gasteiger partial charge in [-0.2, -0.15) is 0 Å². The van der Waals surface area contributed by atoms with Crippen LogP contribution >= 0.6 is 0 Å². The molecule has 0 aromatic carbocycles. The zero-order chi connectivity index (χ0) is 9.40. The lowest BCUT2D eigenvalue weighted by molar-refractivity contribution is -0.139. The van der Waals surface area contributed by atoms with Gasteiger partial charge in [0.15, 0.2) is 6.39 Å². The summed E-state index contributed by atoms with van der Waals surface area (Å²) in [5.41, 5.74) is 4.77. The van der Waals surface area contributed by atoms with Crippen LogP contribution in [0, 0.1) is 0 Å². The highest BCUT2D eigenvalue weighted by atomic mass is 16.4. The van der Waals surface area contributed by atoms with E-state index < -0.39 is 18.6 Å². The van der Waals surface area contributed by atoms with E-state index in [0.717, 1.165) is 0 Å². The summed E-state index contributed by atoms with van der Waals surface area (Å²) in [6.45, 7) is -0.505. The molecule has 76 valence electrons. The number of aliphatic carboxylic acids is 1. The second-order valence-electron chi connectivity index (χ2n) is 1.80. The van der Waals surface area contributed by atoms with E-state index in [4.69, 9.17) is 15.9 Å². The van der Waals surface area contributed by atoms with Crippen LogP contribution in [0.4, 0.5) is 0 Å². The number of carboxylic acids is 1. The molecule has 1 rings (SSSR count). The van der Waals surface area contributed by atoms with E-state index in [1.165, 1.54) is 12.7 Å². The summed E-state index contributed by atoms with van der Waals surface area (Å²) in [7, 11) is 0. The zero-order valence-electron chi connectivity index (χ0n) is 6.96. The van der Waals surface area contributed by atoms with Gasteiger partial charge in [-0.05, 0) is 0 Å². The van der Waals surface area contributed by atoms with Crippen molar-refractivity contribution in [2.75, 3.05) is 6.61 Å². The molecule has 0 bridgehead atoms. The largest absolute Gasteiger partial charge is 0.480 e. The molecule has 0 saturated carbocycles. The Labute approximate surface area is 74.8 Å². The lowest BCUT2D eigenvalue weighted by Gasteiger charge is -1.96. The van der Waals surface area contributed by atoms with Crippen LogP contribution in [0.2, 0.25) is 0 Å². The molecule has 0 aliphatic heterocycles. The van der Waals surface area contributed by atoms with Gasteiger partial charge in [-0.3, -0.25) is 4.79 Å². The highest BCUT2D eigenvalue weighted by Crippen LogP contribution is 1.72. The van der Waals surface area contributed by atoms with Crippen molar-refractivity contribution in [1.29, 1.82) is 0 Å². The van der Waals surface area contributed by atoms with E-state index >= 15 is 0 Å². The third-order valence-corrected chi connectivity index (χ3v) is 0.861. The van der Waals surface area contributed by atoms with Gasteiger partial charge >= 0.3 is 5.97 Å². The molecule has 0 aliphatic rings. The van der Waals surface area contributed by atoms with Crippen LogP contribution in [-0.2, 0) is 4.79 Å². The van der Waals surface area contributed by atoms with Crippen LogP contribution in [0.3, 0.4) is 0 Å². The van der Waals surface area contributed by atoms with Crippen LogP contribution in [0.1, 0.15) is 0 Å². The Kier molecular flexibility index (Phi) is 9.39. The zero-order valence-corrected chi connectivity index (χ0v) is 6.96. The van der Waals surface area contributed by atoms with Crippen molar-refractivity contribution in [2.24, 2.45) is 5.73 Å². The predicted octanol–water partition coefficient (Wildman–Crippen LogP) is -0.773. The molecule has 0 spiro atoms. The highest BCUT2D eigenvalue weighted by Gasteiger charge is 2.06. The predicted molar refractivity (Wildman–Crippen MR) is 44.2 cm³/mol. The van der Waals surface area contributed by atoms with Gasteiger partial charge in [-0.1, -0.05) is 0 Å². The normalized spacial score (nSPS) is 10.3. The molecule has 7 N–H and O–H groups in total. The van der Waals surface area contributed by atoms with E-state index in [1.54, 1.807) is 6.20 Å². The lowest BCUT2D eigenvalue weighted by atomic mass is 10.3. The number of carboxylic acid groups (broad SMARTS) is 1. The first-order chi connectivity index (χ1) is 5.68. The molecule has 0 fully saturated rings. The monoisotopic (exact) mass is 191 g/mol. The van der Waals surface area contributed by atoms with Crippen molar-refractivity contribution in [3.05, 3.63) is 18.9 Å². The first-order valence-electron chi connectivity index (χ1n) is 3.10. The Morgan fingerprint density at radius 1 is 1.69 bits per heavy atom. The maximum atomic E-state index is 9.65.